The summed E-state index contributed by atoms with van der Waals surface area (Å²) < 4.78 is 10.7. The molecule has 2 aromatic heterocycles. The van der Waals surface area contributed by atoms with Crippen molar-refractivity contribution in [2.45, 2.75) is 18.9 Å². The second kappa shape index (κ2) is 5.31. The molecule has 1 saturated heterocycles. The van der Waals surface area contributed by atoms with Gasteiger partial charge in [0.05, 0.1) is 17.3 Å². The van der Waals surface area contributed by atoms with Crippen LogP contribution in [0.5, 0.6) is 0 Å². The molecule has 6 nitrogen and oxygen atoms in total. The maximum atomic E-state index is 12.1. The van der Waals surface area contributed by atoms with Crippen molar-refractivity contribution in [3.8, 4) is 11.6 Å². The zero-order valence-electron chi connectivity index (χ0n) is 11.8. The number of furan rings is 1. The summed E-state index contributed by atoms with van der Waals surface area (Å²) in [6.45, 7) is 0.657. The van der Waals surface area contributed by atoms with E-state index in [0.717, 1.165) is 29.6 Å². The molecule has 1 atom stereocenters. The minimum absolute atomic E-state index is 0.0948. The number of nitrogens with zero attached hydrogens (tertiary/aromatic N) is 1. The second-order valence-corrected chi connectivity index (χ2v) is 5.29. The Labute approximate surface area is 126 Å². The number of carbonyl (C=O) groups is 1. The lowest BCUT2D eigenvalue weighted by molar-refractivity contribution is -0.124. The minimum atomic E-state index is -0.337. The summed E-state index contributed by atoms with van der Waals surface area (Å²) in [5.74, 6) is 1.26. The number of carbonyl (C=O) groups excluding carboxylic acids is 1. The Kier molecular flexibility index (Phi) is 3.16. The van der Waals surface area contributed by atoms with Gasteiger partial charge in [-0.2, -0.15) is 0 Å². The minimum Gasteiger partial charge on any atom is -0.461 e. The Hall–Kier alpha value is -2.60. The summed E-state index contributed by atoms with van der Waals surface area (Å²) >= 11 is 0. The molecule has 0 spiro atoms. The second-order valence-electron chi connectivity index (χ2n) is 5.29. The molecule has 0 radical (unpaired) electrons. The number of hydrogen-bond acceptors (Lipinski definition) is 4. The van der Waals surface area contributed by atoms with Crippen LogP contribution in [0.1, 0.15) is 12.8 Å². The molecule has 1 fully saturated rings. The highest BCUT2D eigenvalue weighted by atomic mass is 16.5. The Morgan fingerprint density at radius 2 is 2.32 bits per heavy atom. The monoisotopic (exact) mass is 297 g/mol. The van der Waals surface area contributed by atoms with E-state index in [1.54, 1.807) is 6.26 Å². The summed E-state index contributed by atoms with van der Waals surface area (Å²) in [6, 6.07) is 9.22. The molecular formula is C16H15N3O3. The van der Waals surface area contributed by atoms with Gasteiger partial charge in [0.1, 0.15) is 6.10 Å². The number of hydrogen-bond donors (Lipinski definition) is 2. The first kappa shape index (κ1) is 13.1. The lowest BCUT2D eigenvalue weighted by Crippen LogP contribution is -2.26. The third kappa shape index (κ3) is 2.37. The Bertz CT molecular complexity index is 801. The number of ether oxygens (including phenoxy) is 1. The van der Waals surface area contributed by atoms with Crippen molar-refractivity contribution in [2.75, 3.05) is 11.9 Å². The molecule has 4 rings (SSSR count). The van der Waals surface area contributed by atoms with E-state index in [4.69, 9.17) is 9.15 Å². The van der Waals surface area contributed by atoms with Gasteiger partial charge in [-0.05, 0) is 43.2 Å². The zero-order valence-corrected chi connectivity index (χ0v) is 11.8. The lowest BCUT2D eigenvalue weighted by Gasteiger charge is -2.10. The average Bonchev–Trinajstić information content (AvgIpc) is 3.26. The van der Waals surface area contributed by atoms with Crippen molar-refractivity contribution in [3.63, 3.8) is 0 Å². The fourth-order valence-electron chi connectivity index (χ4n) is 2.62. The summed E-state index contributed by atoms with van der Waals surface area (Å²) in [6.07, 6.45) is 2.98. The number of imidazole rings is 1. The standard InChI is InChI=1S/C16H15N3O3/c20-16(14-4-2-8-22-14)17-10-5-6-11-12(9-10)19-15(18-11)13-3-1-7-21-13/h1,3,5-7,9,14H,2,4,8H2,(H,17,20)(H,18,19)/t14-/m1/s1. The molecule has 0 unspecified atom stereocenters. The fourth-order valence-corrected chi connectivity index (χ4v) is 2.62. The van der Waals surface area contributed by atoms with Gasteiger partial charge in [-0.25, -0.2) is 4.98 Å². The highest BCUT2D eigenvalue weighted by molar-refractivity contribution is 5.96. The molecule has 3 aromatic rings. The summed E-state index contributed by atoms with van der Waals surface area (Å²) in [4.78, 5) is 19.7. The number of amides is 1. The van der Waals surface area contributed by atoms with E-state index in [0.29, 0.717) is 18.2 Å². The van der Waals surface area contributed by atoms with Crippen molar-refractivity contribution >= 4 is 22.6 Å². The Morgan fingerprint density at radius 3 is 3.09 bits per heavy atom. The van der Waals surface area contributed by atoms with Crippen molar-refractivity contribution in [2.24, 2.45) is 0 Å². The smallest absolute Gasteiger partial charge is 0.253 e. The van der Waals surface area contributed by atoms with Crippen LogP contribution in [0.25, 0.3) is 22.6 Å². The summed E-state index contributed by atoms with van der Waals surface area (Å²) in [5, 5.41) is 2.88. The average molecular weight is 297 g/mol. The molecule has 3 heterocycles. The predicted octanol–water partition coefficient (Wildman–Crippen LogP) is 2.94. The van der Waals surface area contributed by atoms with E-state index in [1.807, 2.05) is 30.3 Å². The Balaban J connectivity index is 1.59. The largest absolute Gasteiger partial charge is 0.461 e. The predicted molar refractivity (Wildman–Crippen MR) is 81.4 cm³/mol. The van der Waals surface area contributed by atoms with Crippen molar-refractivity contribution < 1.29 is 13.9 Å². The van der Waals surface area contributed by atoms with E-state index in [2.05, 4.69) is 15.3 Å². The van der Waals surface area contributed by atoms with Gasteiger partial charge in [0, 0.05) is 12.3 Å². The topological polar surface area (TPSA) is 80.2 Å². The quantitative estimate of drug-likeness (QED) is 0.779. The molecular weight excluding hydrogens is 282 g/mol. The van der Waals surface area contributed by atoms with Crippen molar-refractivity contribution in [1.82, 2.24) is 9.97 Å². The molecule has 1 amide bonds. The SMILES string of the molecule is O=C(Nc1ccc2nc(-c3ccco3)[nH]c2c1)[C@H]1CCCO1. The van der Waals surface area contributed by atoms with Crippen LogP contribution in [0.4, 0.5) is 5.69 Å². The first-order valence-electron chi connectivity index (χ1n) is 7.26. The summed E-state index contributed by atoms with van der Waals surface area (Å²) in [5.41, 5.74) is 2.39. The maximum Gasteiger partial charge on any atom is 0.253 e. The number of aromatic amines is 1. The highest BCUT2D eigenvalue weighted by Crippen LogP contribution is 2.23. The molecule has 6 heteroatoms. The van der Waals surface area contributed by atoms with Crippen molar-refractivity contribution in [1.29, 1.82) is 0 Å². The maximum absolute atomic E-state index is 12.1. The van der Waals surface area contributed by atoms with Gasteiger partial charge in [0.2, 0.25) is 0 Å². The van der Waals surface area contributed by atoms with E-state index in [-0.39, 0.29) is 12.0 Å². The van der Waals surface area contributed by atoms with Gasteiger partial charge in [-0.3, -0.25) is 4.79 Å². The van der Waals surface area contributed by atoms with Crippen LogP contribution < -0.4 is 5.32 Å². The van der Waals surface area contributed by atoms with Gasteiger partial charge in [-0.1, -0.05) is 0 Å². The van der Waals surface area contributed by atoms with Gasteiger partial charge in [-0.15, -0.1) is 0 Å². The molecule has 112 valence electrons. The van der Waals surface area contributed by atoms with Gasteiger partial charge in [0.25, 0.3) is 5.91 Å². The Morgan fingerprint density at radius 1 is 1.36 bits per heavy atom. The van der Waals surface area contributed by atoms with E-state index >= 15 is 0 Å². The number of H-pyrrole nitrogens is 1. The number of aromatic nitrogens is 2. The van der Waals surface area contributed by atoms with E-state index in [9.17, 15) is 4.79 Å². The zero-order chi connectivity index (χ0) is 14.9. The van der Waals surface area contributed by atoms with Gasteiger partial charge in [0.15, 0.2) is 11.6 Å². The molecule has 1 aliphatic heterocycles. The number of nitrogens with one attached hydrogen (secondary N) is 2. The third-order valence-corrected chi connectivity index (χ3v) is 3.73. The molecule has 2 N–H and O–H groups in total. The first-order valence-corrected chi connectivity index (χ1v) is 7.26. The van der Waals surface area contributed by atoms with Crippen LogP contribution in [0, 0.1) is 0 Å². The number of anilines is 1. The highest BCUT2D eigenvalue weighted by Gasteiger charge is 2.23. The van der Waals surface area contributed by atoms with Gasteiger partial charge >= 0.3 is 0 Å². The van der Waals surface area contributed by atoms with Crippen LogP contribution in [0.2, 0.25) is 0 Å². The van der Waals surface area contributed by atoms with Crippen LogP contribution in [-0.2, 0) is 9.53 Å². The van der Waals surface area contributed by atoms with E-state index in [1.165, 1.54) is 0 Å². The normalized spacial score (nSPS) is 17.9. The molecule has 0 bridgehead atoms. The van der Waals surface area contributed by atoms with Crippen LogP contribution in [-0.4, -0.2) is 28.6 Å². The molecule has 0 saturated carbocycles. The van der Waals surface area contributed by atoms with Crippen molar-refractivity contribution in [3.05, 3.63) is 36.6 Å². The van der Waals surface area contributed by atoms with E-state index < -0.39 is 0 Å². The van der Waals surface area contributed by atoms with Crippen LogP contribution in [0.15, 0.2) is 41.0 Å². The molecule has 1 aliphatic rings. The van der Waals surface area contributed by atoms with Crippen LogP contribution in [0.3, 0.4) is 0 Å². The summed E-state index contributed by atoms with van der Waals surface area (Å²) in [7, 11) is 0. The molecule has 0 aliphatic carbocycles. The number of fused-ring (bicyclic) bond motifs is 1. The van der Waals surface area contributed by atoms with Gasteiger partial charge < -0.3 is 19.5 Å². The molecule has 22 heavy (non-hydrogen) atoms. The lowest BCUT2D eigenvalue weighted by atomic mass is 10.2. The van der Waals surface area contributed by atoms with Crippen LogP contribution >= 0.6 is 0 Å². The number of rotatable bonds is 3. The first-order chi connectivity index (χ1) is 10.8. The number of benzene rings is 1. The molecule has 1 aromatic carbocycles. The fraction of sp³-hybridized carbons (Fsp3) is 0.250. The third-order valence-electron chi connectivity index (χ3n) is 3.73.